The number of likely N-dealkylation sites (N-methyl/N-ethyl adjacent to an activating group) is 1. The highest BCUT2D eigenvalue weighted by Crippen LogP contribution is 2.31. The molecule has 0 saturated carbocycles. The van der Waals surface area contributed by atoms with Crippen molar-refractivity contribution in [3.05, 3.63) is 84.2 Å². The molecule has 0 atom stereocenters. The van der Waals surface area contributed by atoms with E-state index in [1.165, 1.54) is 11.1 Å². The maximum absolute atomic E-state index is 4.70. The lowest BCUT2D eigenvalue weighted by Crippen LogP contribution is -2.23. The normalized spacial score (nSPS) is 14.7. The number of aryl methyl sites for hydroxylation is 2. The number of pyridine rings is 2. The lowest BCUT2D eigenvalue weighted by atomic mass is 9.94. The summed E-state index contributed by atoms with van der Waals surface area (Å²) in [4.78, 5) is 7.02. The van der Waals surface area contributed by atoms with Crippen LogP contribution in [0.5, 0.6) is 0 Å². The number of hydrogen-bond donors (Lipinski definition) is 0. The standard InChI is InChI=1S/C25H26N6/c1-17(23-11-21(13-26-18(23)2)19-5-8-29(3)9-6-19)20-7-10-31-25(12-20)24(15-28-31)22-14-27-30(4)16-22/h5,7,10-16H,1,6,8-9H2,2-4H3. The third-order valence-corrected chi connectivity index (χ3v) is 6.08. The van der Waals surface area contributed by atoms with E-state index in [1.54, 1.807) is 4.68 Å². The zero-order valence-electron chi connectivity index (χ0n) is 18.2. The summed E-state index contributed by atoms with van der Waals surface area (Å²) in [6, 6.07) is 6.46. The summed E-state index contributed by atoms with van der Waals surface area (Å²) >= 11 is 0. The van der Waals surface area contributed by atoms with Gasteiger partial charge >= 0.3 is 0 Å². The maximum atomic E-state index is 4.70. The molecule has 5 heterocycles. The summed E-state index contributed by atoms with van der Waals surface area (Å²) in [6.45, 7) is 8.54. The Bertz CT molecular complexity index is 1320. The van der Waals surface area contributed by atoms with Gasteiger partial charge in [-0.15, -0.1) is 0 Å². The smallest absolute Gasteiger partial charge is 0.0747 e. The molecular formula is C25H26N6. The molecule has 0 fully saturated rings. The van der Waals surface area contributed by atoms with Gasteiger partial charge in [0.1, 0.15) is 0 Å². The molecule has 4 aromatic heterocycles. The summed E-state index contributed by atoms with van der Waals surface area (Å²) in [5, 5.41) is 8.80. The average Bonchev–Trinajstić information content (AvgIpc) is 3.39. The van der Waals surface area contributed by atoms with E-state index >= 15 is 0 Å². The highest BCUT2D eigenvalue weighted by atomic mass is 15.2. The highest BCUT2D eigenvalue weighted by Gasteiger charge is 2.15. The lowest BCUT2D eigenvalue weighted by molar-refractivity contribution is 0.370. The van der Waals surface area contributed by atoms with Gasteiger partial charge in [-0.25, -0.2) is 4.52 Å². The van der Waals surface area contributed by atoms with Crippen molar-refractivity contribution < 1.29 is 0 Å². The van der Waals surface area contributed by atoms with Gasteiger partial charge in [0.05, 0.1) is 17.9 Å². The summed E-state index contributed by atoms with van der Waals surface area (Å²) in [6.07, 6.45) is 13.1. The molecule has 1 aliphatic heterocycles. The molecule has 1 aliphatic rings. The topological polar surface area (TPSA) is 51.3 Å². The van der Waals surface area contributed by atoms with Gasteiger partial charge in [-0.3, -0.25) is 9.67 Å². The Balaban J connectivity index is 1.53. The largest absolute Gasteiger partial charge is 0.302 e. The van der Waals surface area contributed by atoms with Gasteiger partial charge in [0, 0.05) is 61.1 Å². The second kappa shape index (κ2) is 7.63. The van der Waals surface area contributed by atoms with Crippen LogP contribution in [0.15, 0.2) is 61.8 Å². The van der Waals surface area contributed by atoms with Crippen molar-refractivity contribution in [2.24, 2.45) is 7.05 Å². The van der Waals surface area contributed by atoms with Crippen molar-refractivity contribution in [2.45, 2.75) is 13.3 Å². The van der Waals surface area contributed by atoms with E-state index in [2.05, 4.69) is 53.0 Å². The van der Waals surface area contributed by atoms with Crippen molar-refractivity contribution in [3.63, 3.8) is 0 Å². The predicted molar refractivity (Wildman–Crippen MR) is 125 cm³/mol. The number of nitrogens with zero attached hydrogens (tertiary/aromatic N) is 6. The van der Waals surface area contributed by atoms with Crippen LogP contribution in [-0.2, 0) is 7.05 Å². The minimum absolute atomic E-state index is 0.973. The third-order valence-electron chi connectivity index (χ3n) is 6.08. The van der Waals surface area contributed by atoms with E-state index in [4.69, 9.17) is 4.98 Å². The number of rotatable bonds is 4. The fourth-order valence-corrected chi connectivity index (χ4v) is 4.15. The first-order valence-electron chi connectivity index (χ1n) is 10.5. The molecule has 0 N–H and O–H groups in total. The minimum Gasteiger partial charge on any atom is -0.302 e. The Morgan fingerprint density at radius 2 is 1.94 bits per heavy atom. The van der Waals surface area contributed by atoms with Gasteiger partial charge in [0.2, 0.25) is 0 Å². The van der Waals surface area contributed by atoms with Crippen molar-refractivity contribution in [1.82, 2.24) is 29.3 Å². The first-order chi connectivity index (χ1) is 15.0. The minimum atomic E-state index is 0.973. The van der Waals surface area contributed by atoms with Crippen molar-refractivity contribution in [1.29, 1.82) is 0 Å². The molecule has 0 aliphatic carbocycles. The van der Waals surface area contributed by atoms with Gasteiger partial charge in [0.15, 0.2) is 0 Å². The van der Waals surface area contributed by atoms with Crippen LogP contribution in [0, 0.1) is 6.92 Å². The molecule has 4 aromatic rings. The van der Waals surface area contributed by atoms with Crippen LogP contribution in [0.3, 0.4) is 0 Å². The Morgan fingerprint density at radius 1 is 1.06 bits per heavy atom. The van der Waals surface area contributed by atoms with Crippen molar-refractivity contribution in [3.8, 4) is 11.1 Å². The molecule has 6 nitrogen and oxygen atoms in total. The van der Waals surface area contributed by atoms with E-state index in [9.17, 15) is 0 Å². The Hall–Kier alpha value is -3.51. The van der Waals surface area contributed by atoms with Crippen LogP contribution in [0.1, 0.15) is 28.8 Å². The SMILES string of the molecule is C=C(c1ccn2ncc(-c3cnn(C)c3)c2c1)c1cc(C2=CCN(C)CC2)cnc1C. The van der Waals surface area contributed by atoms with Crippen LogP contribution < -0.4 is 0 Å². The van der Waals surface area contributed by atoms with Crippen LogP contribution in [0.2, 0.25) is 0 Å². The summed E-state index contributed by atoms with van der Waals surface area (Å²) in [5.41, 5.74) is 9.82. The van der Waals surface area contributed by atoms with E-state index in [1.807, 2.05) is 49.5 Å². The fourth-order valence-electron chi connectivity index (χ4n) is 4.15. The molecule has 31 heavy (non-hydrogen) atoms. The molecule has 0 unspecified atom stereocenters. The van der Waals surface area contributed by atoms with Crippen molar-refractivity contribution >= 4 is 16.7 Å². The molecule has 0 bridgehead atoms. The predicted octanol–water partition coefficient (Wildman–Crippen LogP) is 4.22. The Morgan fingerprint density at radius 3 is 2.68 bits per heavy atom. The quantitative estimate of drug-likeness (QED) is 0.506. The Labute approximate surface area is 182 Å². The van der Waals surface area contributed by atoms with Crippen LogP contribution in [0.4, 0.5) is 0 Å². The number of fused-ring (bicyclic) bond motifs is 1. The molecule has 0 spiro atoms. The summed E-state index contributed by atoms with van der Waals surface area (Å²) in [7, 11) is 4.07. The first-order valence-corrected chi connectivity index (χ1v) is 10.5. The highest BCUT2D eigenvalue weighted by molar-refractivity contribution is 5.86. The van der Waals surface area contributed by atoms with Gasteiger partial charge < -0.3 is 4.90 Å². The van der Waals surface area contributed by atoms with Crippen LogP contribution in [0.25, 0.3) is 27.8 Å². The summed E-state index contributed by atoms with van der Waals surface area (Å²) in [5.74, 6) is 0. The molecule has 6 heteroatoms. The zero-order chi connectivity index (χ0) is 21.5. The van der Waals surface area contributed by atoms with Gasteiger partial charge in [-0.05, 0) is 60.9 Å². The van der Waals surface area contributed by atoms with Crippen LogP contribution >= 0.6 is 0 Å². The second-order valence-electron chi connectivity index (χ2n) is 8.28. The third kappa shape index (κ3) is 3.59. The molecule has 0 aromatic carbocycles. The molecule has 0 amide bonds. The van der Waals surface area contributed by atoms with Crippen molar-refractivity contribution in [2.75, 3.05) is 20.1 Å². The number of aromatic nitrogens is 5. The number of hydrogen-bond acceptors (Lipinski definition) is 4. The Kier molecular flexibility index (Phi) is 4.79. The lowest BCUT2D eigenvalue weighted by Gasteiger charge is -2.22. The zero-order valence-corrected chi connectivity index (χ0v) is 18.2. The first kappa shape index (κ1) is 19.5. The molecule has 156 valence electrons. The molecular weight excluding hydrogens is 384 g/mol. The van der Waals surface area contributed by atoms with E-state index < -0.39 is 0 Å². The summed E-state index contributed by atoms with van der Waals surface area (Å²) < 4.78 is 3.70. The maximum Gasteiger partial charge on any atom is 0.0747 e. The van der Waals surface area contributed by atoms with E-state index in [0.29, 0.717) is 0 Å². The molecule has 5 rings (SSSR count). The molecule has 0 radical (unpaired) electrons. The van der Waals surface area contributed by atoms with Gasteiger partial charge in [0.25, 0.3) is 0 Å². The monoisotopic (exact) mass is 410 g/mol. The second-order valence-corrected chi connectivity index (χ2v) is 8.28. The fraction of sp³-hybridized carbons (Fsp3) is 0.240. The van der Waals surface area contributed by atoms with Gasteiger partial charge in [-0.1, -0.05) is 12.7 Å². The van der Waals surface area contributed by atoms with E-state index in [-0.39, 0.29) is 0 Å². The van der Waals surface area contributed by atoms with Gasteiger partial charge in [-0.2, -0.15) is 10.2 Å². The van der Waals surface area contributed by atoms with E-state index in [0.717, 1.165) is 58.5 Å². The van der Waals surface area contributed by atoms with Crippen LogP contribution in [-0.4, -0.2) is 49.4 Å². The molecule has 0 saturated heterocycles. The average molecular weight is 411 g/mol.